The molecule has 0 saturated carbocycles. The molecule has 2 heterocycles. The molecule has 2 N–H and O–H groups in total. The molecule has 0 aliphatic carbocycles. The first-order chi connectivity index (χ1) is 12.3. The first kappa shape index (κ1) is 18.4. The standard InChI is InChI=1S/C15H14ClN5O3S2/c1-10-13(16)8-18-21(10)9-14(22)19-11-2-4-12(5-3-11)26(23,24)20-15-17-6-7-25-15/h2-8H,9H2,1H3,(H,17,20)(H,19,22). The highest BCUT2D eigenvalue weighted by atomic mass is 35.5. The van der Waals surface area contributed by atoms with Crippen molar-refractivity contribution in [2.75, 3.05) is 10.0 Å². The zero-order valence-electron chi connectivity index (χ0n) is 13.5. The molecule has 0 unspecified atom stereocenters. The van der Waals surface area contributed by atoms with Gasteiger partial charge in [-0.05, 0) is 31.2 Å². The van der Waals surface area contributed by atoms with Crippen LogP contribution < -0.4 is 10.0 Å². The fourth-order valence-electron chi connectivity index (χ4n) is 2.08. The number of aromatic nitrogens is 3. The molecular formula is C15H14ClN5O3S2. The molecule has 1 aromatic carbocycles. The minimum Gasteiger partial charge on any atom is -0.324 e. The number of nitrogens with zero attached hydrogens (tertiary/aromatic N) is 3. The van der Waals surface area contributed by atoms with Crippen molar-refractivity contribution in [1.82, 2.24) is 14.8 Å². The molecule has 0 aliphatic rings. The number of sulfonamides is 1. The minimum atomic E-state index is -3.72. The molecule has 3 rings (SSSR count). The maximum absolute atomic E-state index is 12.3. The van der Waals surface area contributed by atoms with Crippen LogP contribution in [0.15, 0.2) is 46.9 Å². The number of carbonyl (C=O) groups excluding carboxylic acids is 1. The van der Waals surface area contributed by atoms with Crippen molar-refractivity contribution in [1.29, 1.82) is 0 Å². The lowest BCUT2D eigenvalue weighted by Crippen LogP contribution is -2.20. The van der Waals surface area contributed by atoms with Gasteiger partial charge in [-0.25, -0.2) is 13.4 Å². The monoisotopic (exact) mass is 411 g/mol. The first-order valence-corrected chi connectivity index (χ1v) is 10.1. The SMILES string of the molecule is Cc1c(Cl)cnn1CC(=O)Nc1ccc(S(=O)(=O)Nc2nccs2)cc1. The van der Waals surface area contributed by atoms with Gasteiger partial charge in [-0.3, -0.25) is 14.2 Å². The average Bonchev–Trinajstić information content (AvgIpc) is 3.20. The Morgan fingerprint density at radius 3 is 2.62 bits per heavy atom. The normalized spacial score (nSPS) is 11.3. The minimum absolute atomic E-state index is 0.00417. The van der Waals surface area contributed by atoms with Crippen molar-refractivity contribution in [2.45, 2.75) is 18.4 Å². The summed E-state index contributed by atoms with van der Waals surface area (Å²) in [5.41, 5.74) is 1.16. The van der Waals surface area contributed by atoms with Crippen LogP contribution in [0.2, 0.25) is 5.02 Å². The van der Waals surface area contributed by atoms with E-state index in [1.807, 2.05) is 0 Å². The fraction of sp³-hybridized carbons (Fsp3) is 0.133. The van der Waals surface area contributed by atoms with E-state index in [0.29, 0.717) is 16.4 Å². The number of carbonyl (C=O) groups is 1. The summed E-state index contributed by atoms with van der Waals surface area (Å²) in [7, 11) is -3.72. The topological polar surface area (TPSA) is 106 Å². The Labute approximate surface area is 158 Å². The van der Waals surface area contributed by atoms with Gasteiger partial charge in [-0.1, -0.05) is 11.6 Å². The Balaban J connectivity index is 1.65. The van der Waals surface area contributed by atoms with Gasteiger partial charge in [0.2, 0.25) is 5.91 Å². The van der Waals surface area contributed by atoms with Crippen molar-refractivity contribution in [3.63, 3.8) is 0 Å². The number of halogens is 1. The van der Waals surface area contributed by atoms with Crippen molar-refractivity contribution in [3.8, 4) is 0 Å². The molecule has 3 aromatic rings. The van der Waals surface area contributed by atoms with Gasteiger partial charge in [0, 0.05) is 17.3 Å². The van der Waals surface area contributed by atoms with Crippen molar-refractivity contribution < 1.29 is 13.2 Å². The van der Waals surface area contributed by atoms with Crippen LogP contribution in [0.5, 0.6) is 0 Å². The highest BCUT2D eigenvalue weighted by Crippen LogP contribution is 2.19. The van der Waals surface area contributed by atoms with Gasteiger partial charge in [0.15, 0.2) is 5.13 Å². The van der Waals surface area contributed by atoms with Crippen LogP contribution in [-0.4, -0.2) is 29.1 Å². The lowest BCUT2D eigenvalue weighted by Gasteiger charge is -2.09. The molecule has 0 atom stereocenters. The maximum Gasteiger partial charge on any atom is 0.263 e. The third-order valence-corrected chi connectivity index (χ3v) is 5.98. The van der Waals surface area contributed by atoms with Gasteiger partial charge < -0.3 is 5.32 Å². The van der Waals surface area contributed by atoms with Gasteiger partial charge in [-0.15, -0.1) is 11.3 Å². The number of rotatable bonds is 6. The van der Waals surface area contributed by atoms with Crippen LogP contribution in [0, 0.1) is 6.92 Å². The number of hydrogen-bond donors (Lipinski definition) is 2. The van der Waals surface area contributed by atoms with E-state index in [2.05, 4.69) is 20.1 Å². The summed E-state index contributed by atoms with van der Waals surface area (Å²) in [6, 6.07) is 5.83. The van der Waals surface area contributed by atoms with Gasteiger partial charge in [0.25, 0.3) is 10.0 Å². The van der Waals surface area contributed by atoms with E-state index < -0.39 is 10.0 Å². The third kappa shape index (κ3) is 4.21. The zero-order chi connectivity index (χ0) is 18.7. The summed E-state index contributed by atoms with van der Waals surface area (Å²) in [5.74, 6) is -0.301. The molecule has 8 nitrogen and oxygen atoms in total. The number of benzene rings is 1. The fourth-order valence-corrected chi connectivity index (χ4v) is 4.01. The molecule has 0 bridgehead atoms. The molecule has 0 radical (unpaired) electrons. The summed E-state index contributed by atoms with van der Waals surface area (Å²) in [4.78, 5) is 16.0. The van der Waals surface area contributed by atoms with Crippen molar-refractivity contribution >= 4 is 49.7 Å². The summed E-state index contributed by atoms with van der Waals surface area (Å²) in [6.45, 7) is 1.77. The van der Waals surface area contributed by atoms with E-state index in [9.17, 15) is 13.2 Å². The van der Waals surface area contributed by atoms with Crippen LogP contribution in [0.25, 0.3) is 0 Å². The predicted molar refractivity (Wildman–Crippen MR) is 100.0 cm³/mol. The van der Waals surface area contributed by atoms with Gasteiger partial charge in [0.1, 0.15) is 6.54 Å². The van der Waals surface area contributed by atoms with Crippen LogP contribution in [0.1, 0.15) is 5.69 Å². The van der Waals surface area contributed by atoms with E-state index in [-0.39, 0.29) is 22.5 Å². The van der Waals surface area contributed by atoms with Crippen LogP contribution in [0.4, 0.5) is 10.8 Å². The Kier molecular flexibility index (Phi) is 5.25. The molecule has 11 heteroatoms. The summed E-state index contributed by atoms with van der Waals surface area (Å²) in [6.07, 6.45) is 2.98. The molecule has 0 spiro atoms. The lowest BCUT2D eigenvalue weighted by atomic mass is 10.3. The Bertz CT molecular complexity index is 1010. The number of hydrogen-bond acceptors (Lipinski definition) is 6. The van der Waals surface area contributed by atoms with E-state index in [1.54, 1.807) is 12.3 Å². The molecule has 2 aromatic heterocycles. The Morgan fingerprint density at radius 1 is 1.31 bits per heavy atom. The molecule has 26 heavy (non-hydrogen) atoms. The number of anilines is 2. The van der Waals surface area contributed by atoms with Gasteiger partial charge >= 0.3 is 0 Å². The largest absolute Gasteiger partial charge is 0.324 e. The second-order valence-electron chi connectivity index (χ2n) is 5.25. The second-order valence-corrected chi connectivity index (χ2v) is 8.24. The average molecular weight is 412 g/mol. The smallest absolute Gasteiger partial charge is 0.263 e. The summed E-state index contributed by atoms with van der Waals surface area (Å²) in [5, 5.41) is 9.14. The van der Waals surface area contributed by atoms with E-state index in [4.69, 9.17) is 11.6 Å². The van der Waals surface area contributed by atoms with E-state index in [1.165, 1.54) is 52.7 Å². The molecule has 1 amide bonds. The number of amides is 1. The van der Waals surface area contributed by atoms with E-state index in [0.717, 1.165) is 0 Å². The van der Waals surface area contributed by atoms with Crippen LogP contribution in [0.3, 0.4) is 0 Å². The van der Waals surface area contributed by atoms with Crippen molar-refractivity contribution in [2.24, 2.45) is 0 Å². The number of nitrogens with one attached hydrogen (secondary N) is 2. The second kappa shape index (κ2) is 7.44. The lowest BCUT2D eigenvalue weighted by molar-refractivity contribution is -0.116. The molecule has 0 fully saturated rings. The van der Waals surface area contributed by atoms with Gasteiger partial charge in [0.05, 0.1) is 21.8 Å². The molecule has 0 aliphatic heterocycles. The molecular weight excluding hydrogens is 398 g/mol. The van der Waals surface area contributed by atoms with Crippen LogP contribution >= 0.6 is 22.9 Å². The summed E-state index contributed by atoms with van der Waals surface area (Å²) >= 11 is 7.09. The quantitative estimate of drug-likeness (QED) is 0.648. The Hall–Kier alpha value is -2.43. The van der Waals surface area contributed by atoms with E-state index >= 15 is 0 Å². The first-order valence-electron chi connectivity index (χ1n) is 7.35. The van der Waals surface area contributed by atoms with Crippen molar-refractivity contribution in [3.05, 3.63) is 52.8 Å². The zero-order valence-corrected chi connectivity index (χ0v) is 15.9. The highest BCUT2D eigenvalue weighted by Gasteiger charge is 2.16. The summed E-state index contributed by atoms with van der Waals surface area (Å²) < 4.78 is 28.4. The maximum atomic E-state index is 12.3. The van der Waals surface area contributed by atoms with Crippen LogP contribution in [-0.2, 0) is 21.4 Å². The molecule has 0 saturated heterocycles. The highest BCUT2D eigenvalue weighted by molar-refractivity contribution is 7.93. The third-order valence-electron chi connectivity index (χ3n) is 3.44. The Morgan fingerprint density at radius 2 is 2.04 bits per heavy atom. The number of thiazole rings is 1. The predicted octanol–water partition coefficient (Wildman–Crippen LogP) is 2.74. The molecule has 136 valence electrons. The van der Waals surface area contributed by atoms with Gasteiger partial charge in [-0.2, -0.15) is 5.10 Å².